The van der Waals surface area contributed by atoms with E-state index < -0.39 is 18.5 Å². The van der Waals surface area contributed by atoms with Gasteiger partial charge in [-0.3, -0.25) is 4.79 Å². The molecule has 1 N–H and O–H groups in total. The van der Waals surface area contributed by atoms with E-state index in [4.69, 9.17) is 35.3 Å². The molecule has 9 heteroatoms. The third-order valence-electron chi connectivity index (χ3n) is 3.92. The van der Waals surface area contributed by atoms with Crippen molar-refractivity contribution in [3.63, 3.8) is 0 Å². The summed E-state index contributed by atoms with van der Waals surface area (Å²) in [5, 5.41) is 2.92. The number of nitrogens with one attached hydrogen (secondary N) is 1. The highest BCUT2D eigenvalue weighted by molar-refractivity contribution is 6.32. The molecule has 160 valence electrons. The molecule has 30 heavy (non-hydrogen) atoms. The molecule has 0 aromatic heterocycles. The van der Waals surface area contributed by atoms with Crippen LogP contribution in [0.5, 0.6) is 23.0 Å². The van der Waals surface area contributed by atoms with Crippen LogP contribution in [-0.4, -0.2) is 46.9 Å². The van der Waals surface area contributed by atoms with Gasteiger partial charge in [-0.05, 0) is 30.3 Å². The molecule has 0 aliphatic rings. The molecule has 0 spiro atoms. The van der Waals surface area contributed by atoms with Crippen LogP contribution in [0.1, 0.15) is 5.56 Å². The van der Waals surface area contributed by atoms with Crippen molar-refractivity contribution >= 4 is 35.2 Å². The van der Waals surface area contributed by atoms with Crippen LogP contribution in [0.4, 0.5) is 5.69 Å². The van der Waals surface area contributed by atoms with Crippen LogP contribution in [0.3, 0.4) is 0 Å². The Morgan fingerprint density at radius 2 is 1.53 bits per heavy atom. The maximum absolute atomic E-state index is 12.0. The average molecular weight is 436 g/mol. The number of amides is 1. The fraction of sp³-hybridized carbons (Fsp3) is 0.238. The van der Waals surface area contributed by atoms with E-state index in [-0.39, 0.29) is 0 Å². The van der Waals surface area contributed by atoms with Gasteiger partial charge in [-0.2, -0.15) is 0 Å². The predicted molar refractivity (Wildman–Crippen MR) is 113 cm³/mol. The Morgan fingerprint density at radius 3 is 2.13 bits per heavy atom. The zero-order valence-corrected chi connectivity index (χ0v) is 17.7. The Hall–Kier alpha value is -3.39. The van der Waals surface area contributed by atoms with E-state index in [0.717, 1.165) is 0 Å². The summed E-state index contributed by atoms with van der Waals surface area (Å²) >= 11 is 6.01. The highest BCUT2D eigenvalue weighted by Crippen LogP contribution is 2.35. The number of hydrogen-bond donors (Lipinski definition) is 1. The minimum Gasteiger partial charge on any atom is -0.496 e. The Morgan fingerprint density at radius 1 is 0.900 bits per heavy atom. The van der Waals surface area contributed by atoms with E-state index in [9.17, 15) is 9.59 Å². The smallest absolute Gasteiger partial charge is 0.331 e. The lowest BCUT2D eigenvalue weighted by Crippen LogP contribution is -2.20. The molecule has 0 saturated carbocycles. The van der Waals surface area contributed by atoms with Gasteiger partial charge in [0.1, 0.15) is 11.5 Å². The van der Waals surface area contributed by atoms with Gasteiger partial charge in [-0.15, -0.1) is 0 Å². The molecule has 0 radical (unpaired) electrons. The minimum atomic E-state index is -0.699. The topological polar surface area (TPSA) is 92.3 Å². The van der Waals surface area contributed by atoms with Crippen LogP contribution in [-0.2, 0) is 14.3 Å². The summed E-state index contributed by atoms with van der Waals surface area (Å²) in [7, 11) is 5.99. The number of hydrogen-bond acceptors (Lipinski definition) is 7. The molecule has 2 aromatic carbocycles. The van der Waals surface area contributed by atoms with E-state index in [1.807, 2.05) is 0 Å². The predicted octanol–water partition coefficient (Wildman–Crippen LogP) is 3.57. The first-order valence-corrected chi connectivity index (χ1v) is 9.07. The number of ether oxygens (including phenoxy) is 5. The summed E-state index contributed by atoms with van der Waals surface area (Å²) < 4.78 is 25.7. The highest BCUT2D eigenvalue weighted by Gasteiger charge is 2.11. The third kappa shape index (κ3) is 6.05. The molecule has 2 rings (SSSR count). The first kappa shape index (κ1) is 22.9. The lowest BCUT2D eigenvalue weighted by molar-refractivity contribution is -0.142. The van der Waals surface area contributed by atoms with Crippen LogP contribution in [0.15, 0.2) is 36.4 Å². The summed E-state index contributed by atoms with van der Waals surface area (Å²) in [4.78, 5) is 23.9. The van der Waals surface area contributed by atoms with Crippen molar-refractivity contribution in [1.29, 1.82) is 0 Å². The molecular weight excluding hydrogens is 414 g/mol. The summed E-state index contributed by atoms with van der Waals surface area (Å²) in [5.74, 6) is 0.715. The summed E-state index contributed by atoms with van der Waals surface area (Å²) in [6.07, 6.45) is 2.67. The second-order valence-electron chi connectivity index (χ2n) is 5.79. The van der Waals surface area contributed by atoms with E-state index >= 15 is 0 Å². The van der Waals surface area contributed by atoms with Crippen molar-refractivity contribution in [2.45, 2.75) is 0 Å². The largest absolute Gasteiger partial charge is 0.496 e. The number of benzene rings is 2. The fourth-order valence-corrected chi connectivity index (χ4v) is 2.72. The lowest BCUT2D eigenvalue weighted by Gasteiger charge is -2.12. The molecule has 1 amide bonds. The molecular formula is C21H22ClNO7. The number of carbonyl (C=O) groups excluding carboxylic acids is 2. The zero-order valence-electron chi connectivity index (χ0n) is 17.0. The quantitative estimate of drug-likeness (QED) is 0.475. The van der Waals surface area contributed by atoms with E-state index in [1.165, 1.54) is 46.7 Å². The van der Waals surface area contributed by atoms with Crippen molar-refractivity contribution in [2.75, 3.05) is 40.4 Å². The van der Waals surface area contributed by atoms with Crippen molar-refractivity contribution in [1.82, 2.24) is 0 Å². The summed E-state index contributed by atoms with van der Waals surface area (Å²) in [6, 6.07) is 8.05. The van der Waals surface area contributed by atoms with Gasteiger partial charge in [-0.1, -0.05) is 11.6 Å². The van der Waals surface area contributed by atoms with Crippen LogP contribution in [0.25, 0.3) is 6.08 Å². The molecule has 8 nitrogen and oxygen atoms in total. The summed E-state index contributed by atoms with van der Waals surface area (Å²) in [6.45, 7) is -0.462. The molecule has 0 fully saturated rings. The van der Waals surface area contributed by atoms with E-state index in [1.54, 1.807) is 24.3 Å². The molecule has 2 aromatic rings. The number of carbonyl (C=O) groups is 2. The minimum absolute atomic E-state index is 0.346. The van der Waals surface area contributed by atoms with Gasteiger partial charge in [0.15, 0.2) is 18.1 Å². The first-order valence-electron chi connectivity index (χ1n) is 8.70. The Labute approximate surface area is 179 Å². The zero-order chi connectivity index (χ0) is 22.1. The van der Waals surface area contributed by atoms with Crippen LogP contribution >= 0.6 is 11.6 Å². The third-order valence-corrected chi connectivity index (χ3v) is 4.21. The van der Waals surface area contributed by atoms with Gasteiger partial charge in [0.2, 0.25) is 0 Å². The molecule has 0 unspecified atom stereocenters. The number of anilines is 1. The normalized spacial score (nSPS) is 10.4. The van der Waals surface area contributed by atoms with Gasteiger partial charge in [0, 0.05) is 23.4 Å². The number of methoxy groups -OCH3 is 4. The van der Waals surface area contributed by atoms with Crippen LogP contribution in [0, 0.1) is 0 Å². The van der Waals surface area contributed by atoms with Gasteiger partial charge in [0.25, 0.3) is 5.91 Å². The van der Waals surface area contributed by atoms with Crippen LogP contribution < -0.4 is 24.3 Å². The second kappa shape index (κ2) is 11.0. The molecule has 0 atom stereocenters. The Kier molecular flexibility index (Phi) is 8.37. The van der Waals surface area contributed by atoms with Gasteiger partial charge in [-0.25, -0.2) is 4.79 Å². The van der Waals surface area contributed by atoms with Gasteiger partial charge < -0.3 is 29.0 Å². The number of rotatable bonds is 9. The number of halogens is 1. The molecule has 0 saturated heterocycles. The number of esters is 1. The Bertz CT molecular complexity index is 943. The fourth-order valence-electron chi connectivity index (χ4n) is 2.47. The molecule has 0 aliphatic heterocycles. The first-order chi connectivity index (χ1) is 14.4. The highest BCUT2D eigenvalue weighted by atomic mass is 35.5. The van der Waals surface area contributed by atoms with Gasteiger partial charge >= 0.3 is 5.97 Å². The maximum atomic E-state index is 12.0. The van der Waals surface area contributed by atoms with Crippen molar-refractivity contribution < 1.29 is 33.3 Å². The SMILES string of the molecule is COc1ccc(NC(=O)COC(=O)/C=C/c2cc(OC)c(OC)cc2OC)cc1Cl. The van der Waals surface area contributed by atoms with Crippen molar-refractivity contribution in [3.05, 3.63) is 47.0 Å². The maximum Gasteiger partial charge on any atom is 0.331 e. The Balaban J connectivity index is 1.96. The van der Waals surface area contributed by atoms with Gasteiger partial charge in [0.05, 0.1) is 33.5 Å². The molecule has 0 aliphatic carbocycles. The lowest BCUT2D eigenvalue weighted by atomic mass is 10.1. The molecule has 0 bridgehead atoms. The van der Waals surface area contributed by atoms with E-state index in [0.29, 0.717) is 39.3 Å². The second-order valence-corrected chi connectivity index (χ2v) is 6.19. The average Bonchev–Trinajstić information content (AvgIpc) is 2.75. The monoisotopic (exact) mass is 435 g/mol. The van der Waals surface area contributed by atoms with Crippen molar-refractivity contribution in [3.8, 4) is 23.0 Å². The molecule has 0 heterocycles. The standard InChI is InChI=1S/C21H22ClNO7/c1-26-16-7-6-14(10-15(16)22)23-20(24)12-30-21(25)8-5-13-9-18(28-3)19(29-4)11-17(13)27-2/h5-11H,12H2,1-4H3,(H,23,24)/b8-5+. The van der Waals surface area contributed by atoms with E-state index in [2.05, 4.69) is 5.32 Å². The van der Waals surface area contributed by atoms with Crippen molar-refractivity contribution in [2.24, 2.45) is 0 Å². The summed E-state index contributed by atoms with van der Waals surface area (Å²) in [5.41, 5.74) is 1.02. The van der Waals surface area contributed by atoms with Crippen LogP contribution in [0.2, 0.25) is 5.02 Å².